The van der Waals surface area contributed by atoms with E-state index in [1.54, 1.807) is 11.1 Å². The molecular formula is C7H11N3O. The molecule has 0 bridgehead atoms. The van der Waals surface area contributed by atoms with Crippen LogP contribution in [0, 0.1) is 0 Å². The van der Waals surface area contributed by atoms with Gasteiger partial charge in [-0.05, 0) is 6.92 Å². The third kappa shape index (κ3) is 1.80. The van der Waals surface area contributed by atoms with Crippen LogP contribution in [0.3, 0.4) is 0 Å². The Bertz CT molecular complexity index is 220. The van der Waals surface area contributed by atoms with E-state index in [9.17, 15) is 4.79 Å². The fraction of sp³-hybridized carbons (Fsp3) is 0.429. The molecule has 0 spiro atoms. The Hall–Kier alpha value is -1.32. The fourth-order valence-corrected chi connectivity index (χ4v) is 0.826. The number of nitrogens with one attached hydrogen (secondary N) is 1. The summed E-state index contributed by atoms with van der Waals surface area (Å²) >= 11 is 0. The van der Waals surface area contributed by atoms with E-state index >= 15 is 0 Å². The van der Waals surface area contributed by atoms with Gasteiger partial charge < -0.3 is 4.90 Å². The number of hydrogen-bond acceptors (Lipinski definition) is 2. The molecule has 0 aromatic heterocycles. The van der Waals surface area contributed by atoms with Crippen LogP contribution < -0.4 is 5.32 Å². The van der Waals surface area contributed by atoms with Gasteiger partial charge in [-0.25, -0.2) is 4.99 Å². The molecule has 60 valence electrons. The molecule has 4 heteroatoms. The maximum atomic E-state index is 10.8. The summed E-state index contributed by atoms with van der Waals surface area (Å²) in [5, 5.41) is 2.62. The Kier molecular flexibility index (Phi) is 2.25. The fourth-order valence-electron chi connectivity index (χ4n) is 0.826. The number of nitrogens with zero attached hydrogens (tertiary/aromatic N) is 2. The van der Waals surface area contributed by atoms with Crippen LogP contribution in [0.25, 0.3) is 0 Å². The van der Waals surface area contributed by atoms with Crippen LogP contribution in [0.4, 0.5) is 0 Å². The van der Waals surface area contributed by atoms with Crippen molar-refractivity contribution in [1.29, 1.82) is 0 Å². The highest BCUT2D eigenvalue weighted by atomic mass is 16.2. The second-order valence-corrected chi connectivity index (χ2v) is 2.34. The molecule has 0 aliphatic carbocycles. The van der Waals surface area contributed by atoms with Crippen molar-refractivity contribution in [2.24, 2.45) is 4.99 Å². The van der Waals surface area contributed by atoms with Crippen molar-refractivity contribution in [2.75, 3.05) is 13.6 Å². The van der Waals surface area contributed by atoms with Gasteiger partial charge in [0.15, 0.2) is 0 Å². The van der Waals surface area contributed by atoms with Crippen LogP contribution in [-0.4, -0.2) is 30.4 Å². The van der Waals surface area contributed by atoms with E-state index in [-0.39, 0.29) is 5.91 Å². The van der Waals surface area contributed by atoms with E-state index in [4.69, 9.17) is 0 Å². The molecule has 0 atom stereocenters. The molecule has 1 amide bonds. The van der Waals surface area contributed by atoms with Crippen molar-refractivity contribution >= 4 is 11.9 Å². The molecule has 4 nitrogen and oxygen atoms in total. The summed E-state index contributed by atoms with van der Waals surface area (Å²) in [6.45, 7) is 2.28. The van der Waals surface area contributed by atoms with E-state index in [1.807, 2.05) is 20.0 Å². The smallest absolute Gasteiger partial charge is 0.246 e. The Morgan fingerprint density at radius 3 is 2.91 bits per heavy atom. The standard InChI is InChI=1S/C7H11N3O/c1-3-4-8-7-9-6(11)5-10(7)2/h3-4H,5H2,1-2H3,(H,8,9,11)/b4-3+. The largest absolute Gasteiger partial charge is 0.336 e. The Morgan fingerprint density at radius 2 is 2.45 bits per heavy atom. The molecule has 0 saturated carbocycles. The SMILES string of the molecule is C/C=C/N=C1/NC(=O)CN1C. The topological polar surface area (TPSA) is 44.7 Å². The number of allylic oxidation sites excluding steroid dienone is 1. The van der Waals surface area contributed by atoms with Crippen molar-refractivity contribution in [3.05, 3.63) is 12.3 Å². The van der Waals surface area contributed by atoms with E-state index in [0.717, 1.165) is 0 Å². The highest BCUT2D eigenvalue weighted by Gasteiger charge is 2.20. The quantitative estimate of drug-likeness (QED) is 0.573. The molecule has 0 aromatic carbocycles. The Balaban J connectivity index is 2.66. The first-order valence-electron chi connectivity index (χ1n) is 3.44. The lowest BCUT2D eigenvalue weighted by Gasteiger charge is -2.06. The molecule has 11 heavy (non-hydrogen) atoms. The molecule has 1 aliphatic heterocycles. The van der Waals surface area contributed by atoms with Gasteiger partial charge in [0.2, 0.25) is 11.9 Å². The summed E-state index contributed by atoms with van der Waals surface area (Å²) < 4.78 is 0. The lowest BCUT2D eigenvalue weighted by atomic mass is 10.6. The molecule has 1 saturated heterocycles. The number of hydrogen-bond donors (Lipinski definition) is 1. The summed E-state index contributed by atoms with van der Waals surface area (Å²) in [5.74, 6) is 0.615. The minimum atomic E-state index is -0.00393. The number of likely N-dealkylation sites (N-methyl/N-ethyl adjacent to an activating group) is 1. The predicted molar refractivity (Wildman–Crippen MR) is 43.0 cm³/mol. The summed E-state index contributed by atoms with van der Waals surface area (Å²) in [4.78, 5) is 16.5. The number of carbonyl (C=O) groups excluding carboxylic acids is 1. The van der Waals surface area contributed by atoms with Gasteiger partial charge in [-0.3, -0.25) is 10.1 Å². The number of aliphatic imine (C=N–C) groups is 1. The van der Waals surface area contributed by atoms with Crippen LogP contribution in [0.15, 0.2) is 17.3 Å². The zero-order chi connectivity index (χ0) is 8.27. The van der Waals surface area contributed by atoms with Crippen LogP contribution >= 0.6 is 0 Å². The van der Waals surface area contributed by atoms with Crippen LogP contribution in [0.1, 0.15) is 6.92 Å². The zero-order valence-electron chi connectivity index (χ0n) is 6.66. The molecule has 0 unspecified atom stereocenters. The van der Waals surface area contributed by atoms with E-state index < -0.39 is 0 Å². The second kappa shape index (κ2) is 3.18. The predicted octanol–water partition coefficient (Wildman–Crippen LogP) is -0.0624. The number of amides is 1. The first-order chi connectivity index (χ1) is 5.24. The molecule has 1 N–H and O–H groups in total. The van der Waals surface area contributed by atoms with Crippen molar-refractivity contribution in [3.8, 4) is 0 Å². The molecule has 0 aromatic rings. The van der Waals surface area contributed by atoms with Gasteiger partial charge in [0.05, 0.1) is 6.54 Å². The van der Waals surface area contributed by atoms with Crippen LogP contribution in [0.2, 0.25) is 0 Å². The van der Waals surface area contributed by atoms with Gasteiger partial charge in [-0.1, -0.05) is 6.08 Å². The van der Waals surface area contributed by atoms with E-state index in [2.05, 4.69) is 10.3 Å². The third-order valence-electron chi connectivity index (χ3n) is 1.34. The molecule has 1 fully saturated rings. The van der Waals surface area contributed by atoms with Gasteiger partial charge >= 0.3 is 0 Å². The van der Waals surface area contributed by atoms with Crippen LogP contribution in [-0.2, 0) is 4.79 Å². The lowest BCUT2D eigenvalue weighted by Crippen LogP contribution is -2.26. The summed E-state index contributed by atoms with van der Waals surface area (Å²) in [6.07, 6.45) is 3.46. The lowest BCUT2D eigenvalue weighted by molar-refractivity contribution is -0.118. The zero-order valence-corrected chi connectivity index (χ0v) is 6.66. The first-order valence-corrected chi connectivity index (χ1v) is 3.44. The monoisotopic (exact) mass is 153 g/mol. The average molecular weight is 153 g/mol. The van der Waals surface area contributed by atoms with Crippen molar-refractivity contribution in [2.45, 2.75) is 6.92 Å². The third-order valence-corrected chi connectivity index (χ3v) is 1.34. The minimum Gasteiger partial charge on any atom is -0.336 e. The normalized spacial score (nSPS) is 21.8. The van der Waals surface area contributed by atoms with E-state index in [1.165, 1.54) is 0 Å². The number of rotatable bonds is 1. The van der Waals surface area contributed by atoms with E-state index in [0.29, 0.717) is 12.5 Å². The molecule has 1 rings (SSSR count). The highest BCUT2D eigenvalue weighted by Crippen LogP contribution is 1.93. The summed E-state index contributed by atoms with van der Waals surface area (Å²) in [5.41, 5.74) is 0. The van der Waals surface area contributed by atoms with Gasteiger partial charge in [0, 0.05) is 13.2 Å². The Labute approximate surface area is 65.6 Å². The molecule has 0 radical (unpaired) electrons. The minimum absolute atomic E-state index is 0.00393. The molecule has 1 aliphatic rings. The van der Waals surface area contributed by atoms with Crippen molar-refractivity contribution in [3.63, 3.8) is 0 Å². The van der Waals surface area contributed by atoms with Crippen molar-refractivity contribution < 1.29 is 4.79 Å². The number of carbonyl (C=O) groups is 1. The second-order valence-electron chi connectivity index (χ2n) is 2.34. The van der Waals surface area contributed by atoms with Gasteiger partial charge in [0.1, 0.15) is 0 Å². The molecule has 1 heterocycles. The molecular weight excluding hydrogens is 142 g/mol. The van der Waals surface area contributed by atoms with Gasteiger partial charge in [-0.15, -0.1) is 0 Å². The van der Waals surface area contributed by atoms with Gasteiger partial charge in [0.25, 0.3) is 0 Å². The van der Waals surface area contributed by atoms with Gasteiger partial charge in [-0.2, -0.15) is 0 Å². The first kappa shape index (κ1) is 7.78. The number of guanidine groups is 1. The summed E-state index contributed by atoms with van der Waals surface area (Å²) in [6, 6.07) is 0. The average Bonchev–Trinajstić information content (AvgIpc) is 2.26. The maximum Gasteiger partial charge on any atom is 0.246 e. The Morgan fingerprint density at radius 1 is 1.73 bits per heavy atom. The highest BCUT2D eigenvalue weighted by molar-refractivity contribution is 6.04. The van der Waals surface area contributed by atoms with Crippen LogP contribution in [0.5, 0.6) is 0 Å². The van der Waals surface area contributed by atoms with Crippen molar-refractivity contribution in [1.82, 2.24) is 10.2 Å². The summed E-state index contributed by atoms with van der Waals surface area (Å²) in [7, 11) is 1.82. The maximum absolute atomic E-state index is 10.8.